The molecule has 66 valence electrons. The molecule has 0 fully saturated rings. The van der Waals surface area contributed by atoms with Crippen molar-refractivity contribution >= 4 is 26.4 Å². The topological polar surface area (TPSA) is 103 Å². The molecule has 0 atom stereocenters. The molecule has 0 aliphatic rings. The zero-order valence-corrected chi connectivity index (χ0v) is 7.26. The van der Waals surface area contributed by atoms with Gasteiger partial charge in [-0.05, 0) is 0 Å². The Balaban J connectivity index is 3.17. The second kappa shape index (κ2) is 2.81. The molecule has 0 amide bonds. The molecule has 1 rings (SSSR count). The molecule has 8 heteroatoms. The first kappa shape index (κ1) is 9.10. The van der Waals surface area contributed by atoms with Gasteiger partial charge in [-0.2, -0.15) is 0 Å². The van der Waals surface area contributed by atoms with Crippen LogP contribution < -0.4 is 5.14 Å². The number of thiophene rings is 1. The van der Waals surface area contributed by atoms with Gasteiger partial charge >= 0.3 is 5.00 Å². The minimum atomic E-state index is -3.81. The van der Waals surface area contributed by atoms with Crippen LogP contribution in [0.25, 0.3) is 0 Å². The summed E-state index contributed by atoms with van der Waals surface area (Å²) in [6.07, 6.45) is 0. The lowest BCUT2D eigenvalue weighted by atomic mass is 10.6. The van der Waals surface area contributed by atoms with Crippen LogP contribution in [-0.2, 0) is 10.0 Å². The largest absolute Gasteiger partial charge is 0.325 e. The number of nitrogens with zero attached hydrogens (tertiary/aromatic N) is 1. The molecule has 1 aromatic heterocycles. The molecule has 1 heterocycles. The molecule has 0 unspecified atom stereocenters. The van der Waals surface area contributed by atoms with Crippen molar-refractivity contribution in [2.45, 2.75) is 4.90 Å². The maximum absolute atomic E-state index is 10.6. The van der Waals surface area contributed by atoms with Gasteiger partial charge in [0.1, 0.15) is 0 Å². The van der Waals surface area contributed by atoms with Gasteiger partial charge in [0.25, 0.3) is 0 Å². The Kier molecular flexibility index (Phi) is 2.13. The zero-order chi connectivity index (χ0) is 9.35. The van der Waals surface area contributed by atoms with E-state index in [4.69, 9.17) is 5.14 Å². The Hall–Kier alpha value is -0.990. The third kappa shape index (κ3) is 1.78. The van der Waals surface area contributed by atoms with Gasteiger partial charge in [-0.3, -0.25) is 10.1 Å². The highest BCUT2D eigenvalue weighted by Crippen LogP contribution is 2.24. The number of rotatable bonds is 2. The van der Waals surface area contributed by atoms with E-state index in [2.05, 4.69) is 0 Å². The standard InChI is InChI=1S/C4H4N2O4S2/c5-12(9,10)3-1-4(6(7)8)11-2-3/h1-2H,(H2,5,9,10). The minimum absolute atomic E-state index is 0.223. The molecule has 0 aromatic carbocycles. The molecule has 0 saturated carbocycles. The number of primary sulfonamides is 1. The SMILES string of the molecule is NS(=O)(=O)c1csc([N+](=O)[O-])c1. The molecule has 0 saturated heterocycles. The fourth-order valence-corrected chi connectivity index (χ4v) is 2.17. The quantitative estimate of drug-likeness (QED) is 0.557. The zero-order valence-electron chi connectivity index (χ0n) is 5.63. The van der Waals surface area contributed by atoms with Gasteiger partial charge in [0.2, 0.25) is 10.0 Å². The summed E-state index contributed by atoms with van der Waals surface area (Å²) in [4.78, 5) is 9.23. The Morgan fingerprint density at radius 3 is 2.42 bits per heavy atom. The van der Waals surface area contributed by atoms with Crippen molar-refractivity contribution in [3.63, 3.8) is 0 Å². The van der Waals surface area contributed by atoms with Gasteiger partial charge in [0, 0.05) is 11.4 Å². The average molecular weight is 208 g/mol. The van der Waals surface area contributed by atoms with E-state index in [1.54, 1.807) is 0 Å². The Labute approximate surface area is 71.8 Å². The lowest BCUT2D eigenvalue weighted by Gasteiger charge is -1.86. The van der Waals surface area contributed by atoms with Crippen LogP contribution in [0.2, 0.25) is 0 Å². The first-order chi connectivity index (χ1) is 5.41. The minimum Gasteiger partial charge on any atom is -0.258 e. The van der Waals surface area contributed by atoms with Crippen molar-refractivity contribution in [1.29, 1.82) is 0 Å². The van der Waals surface area contributed by atoms with Gasteiger partial charge in [0.05, 0.1) is 9.82 Å². The van der Waals surface area contributed by atoms with Gasteiger partial charge in [0.15, 0.2) is 0 Å². The van der Waals surface area contributed by atoms with Crippen LogP contribution in [0.15, 0.2) is 16.3 Å². The van der Waals surface area contributed by atoms with Crippen molar-refractivity contribution in [1.82, 2.24) is 0 Å². The van der Waals surface area contributed by atoms with E-state index >= 15 is 0 Å². The van der Waals surface area contributed by atoms with Crippen molar-refractivity contribution < 1.29 is 13.3 Å². The van der Waals surface area contributed by atoms with E-state index in [1.807, 2.05) is 0 Å². The first-order valence-corrected chi connectivity index (χ1v) is 5.09. The second-order valence-electron chi connectivity index (χ2n) is 1.92. The molecule has 0 spiro atoms. The summed E-state index contributed by atoms with van der Waals surface area (Å²) in [7, 11) is -3.81. The van der Waals surface area contributed by atoms with Crippen LogP contribution in [0, 0.1) is 10.1 Å². The molecule has 2 N–H and O–H groups in total. The van der Waals surface area contributed by atoms with Crippen molar-refractivity contribution in [3.05, 3.63) is 21.6 Å². The summed E-state index contributed by atoms with van der Waals surface area (Å²) >= 11 is 0.726. The van der Waals surface area contributed by atoms with Crippen LogP contribution in [0.4, 0.5) is 5.00 Å². The third-order valence-corrected chi connectivity index (χ3v) is 2.99. The average Bonchev–Trinajstić information content (AvgIpc) is 2.30. The first-order valence-electron chi connectivity index (χ1n) is 2.67. The van der Waals surface area contributed by atoms with Gasteiger partial charge in [-0.1, -0.05) is 11.3 Å². The number of nitro groups is 1. The van der Waals surface area contributed by atoms with Crippen molar-refractivity contribution in [2.75, 3.05) is 0 Å². The van der Waals surface area contributed by atoms with Gasteiger partial charge in [-0.15, -0.1) is 0 Å². The van der Waals surface area contributed by atoms with E-state index in [1.165, 1.54) is 0 Å². The highest BCUT2D eigenvalue weighted by molar-refractivity contribution is 7.89. The van der Waals surface area contributed by atoms with E-state index in [-0.39, 0.29) is 9.90 Å². The maximum atomic E-state index is 10.6. The van der Waals surface area contributed by atoms with E-state index < -0.39 is 14.9 Å². The predicted octanol–water partition coefficient (Wildman–Crippen LogP) is 0.304. The fourth-order valence-electron chi connectivity index (χ4n) is 0.553. The highest BCUT2D eigenvalue weighted by atomic mass is 32.2. The molecule has 12 heavy (non-hydrogen) atoms. The Morgan fingerprint density at radius 1 is 1.58 bits per heavy atom. The van der Waals surface area contributed by atoms with Crippen LogP contribution >= 0.6 is 11.3 Å². The highest BCUT2D eigenvalue weighted by Gasteiger charge is 2.16. The molecule has 0 aliphatic carbocycles. The van der Waals surface area contributed by atoms with E-state index in [0.29, 0.717) is 0 Å². The van der Waals surface area contributed by atoms with E-state index in [9.17, 15) is 18.5 Å². The summed E-state index contributed by atoms with van der Waals surface area (Å²) < 4.78 is 21.3. The summed E-state index contributed by atoms with van der Waals surface area (Å²) in [5.41, 5.74) is 0. The molecular weight excluding hydrogens is 204 g/mol. The lowest BCUT2D eigenvalue weighted by Crippen LogP contribution is -2.10. The van der Waals surface area contributed by atoms with E-state index in [0.717, 1.165) is 22.8 Å². The van der Waals surface area contributed by atoms with Crippen LogP contribution in [-0.4, -0.2) is 13.3 Å². The van der Waals surface area contributed by atoms with Crippen LogP contribution in [0.1, 0.15) is 0 Å². The lowest BCUT2D eigenvalue weighted by molar-refractivity contribution is -0.380. The second-order valence-corrected chi connectivity index (χ2v) is 4.37. The summed E-state index contributed by atoms with van der Waals surface area (Å²) in [5, 5.41) is 15.7. The Morgan fingerprint density at radius 2 is 2.17 bits per heavy atom. The van der Waals surface area contributed by atoms with Crippen molar-refractivity contribution in [3.8, 4) is 0 Å². The number of hydrogen-bond acceptors (Lipinski definition) is 5. The fraction of sp³-hybridized carbons (Fsp3) is 0. The number of hydrogen-bond donors (Lipinski definition) is 1. The molecule has 1 aromatic rings. The monoisotopic (exact) mass is 208 g/mol. The van der Waals surface area contributed by atoms with Crippen molar-refractivity contribution in [2.24, 2.45) is 5.14 Å². The molecule has 0 radical (unpaired) electrons. The predicted molar refractivity (Wildman–Crippen MR) is 42.3 cm³/mol. The van der Waals surface area contributed by atoms with Crippen LogP contribution in [0.3, 0.4) is 0 Å². The summed E-state index contributed by atoms with van der Waals surface area (Å²) in [6, 6.07) is 0.931. The van der Waals surface area contributed by atoms with Gasteiger partial charge in [-0.25, -0.2) is 13.6 Å². The molecule has 0 aliphatic heterocycles. The summed E-state index contributed by atoms with van der Waals surface area (Å²) in [5.74, 6) is 0. The normalized spacial score (nSPS) is 11.4. The third-order valence-electron chi connectivity index (χ3n) is 1.07. The molecule has 0 bridgehead atoms. The molecular formula is C4H4N2O4S2. The number of sulfonamides is 1. The summed E-state index contributed by atoms with van der Waals surface area (Å²) in [6.45, 7) is 0. The maximum Gasteiger partial charge on any atom is 0.325 e. The molecule has 6 nitrogen and oxygen atoms in total. The van der Waals surface area contributed by atoms with Crippen LogP contribution in [0.5, 0.6) is 0 Å². The Bertz CT molecular complexity index is 406. The number of nitrogens with two attached hydrogens (primary N) is 1. The smallest absolute Gasteiger partial charge is 0.258 e. The van der Waals surface area contributed by atoms with Gasteiger partial charge < -0.3 is 0 Å².